The minimum absolute atomic E-state index is 0.0154. The van der Waals surface area contributed by atoms with Gasteiger partial charge in [-0.2, -0.15) is 0 Å². The summed E-state index contributed by atoms with van der Waals surface area (Å²) in [6, 6.07) is -1.49. The molecule has 0 aromatic heterocycles. The van der Waals surface area contributed by atoms with Crippen LogP contribution >= 0.6 is 0 Å². The quantitative estimate of drug-likeness (QED) is 0.702. The van der Waals surface area contributed by atoms with Crippen LogP contribution < -0.4 is 10.6 Å². The van der Waals surface area contributed by atoms with Crippen LogP contribution in [0.5, 0.6) is 0 Å². The Hall–Kier alpha value is -1.35. The number of nitrogens with zero attached hydrogens (tertiary/aromatic N) is 1. The van der Waals surface area contributed by atoms with Crippen LogP contribution in [-0.4, -0.2) is 75.1 Å². The first-order valence-electron chi connectivity index (χ1n) is 8.46. The molecular formula is C15H27N3O5S. The summed E-state index contributed by atoms with van der Waals surface area (Å²) >= 11 is 0. The van der Waals surface area contributed by atoms with E-state index < -0.39 is 21.9 Å². The predicted octanol–water partition coefficient (Wildman–Crippen LogP) is -0.254. The molecule has 2 heterocycles. The summed E-state index contributed by atoms with van der Waals surface area (Å²) in [4.78, 5) is 26.6. The highest BCUT2D eigenvalue weighted by Gasteiger charge is 2.33. The summed E-state index contributed by atoms with van der Waals surface area (Å²) in [7, 11) is -3.06. The van der Waals surface area contributed by atoms with E-state index in [2.05, 4.69) is 10.6 Å². The zero-order valence-corrected chi connectivity index (χ0v) is 15.1. The third-order valence-corrected chi connectivity index (χ3v) is 6.42. The number of nitrogens with one attached hydrogen (secondary N) is 2. The average Bonchev–Trinajstić information content (AvgIpc) is 2.90. The van der Waals surface area contributed by atoms with Crippen LogP contribution in [0.2, 0.25) is 0 Å². The van der Waals surface area contributed by atoms with E-state index >= 15 is 0 Å². The summed E-state index contributed by atoms with van der Waals surface area (Å²) < 4.78 is 28.2. The highest BCUT2D eigenvalue weighted by molar-refractivity contribution is 7.91. The number of ether oxygens (including phenoxy) is 1. The Morgan fingerprint density at radius 2 is 1.96 bits per heavy atom. The number of morpholine rings is 1. The van der Waals surface area contributed by atoms with Crippen LogP contribution in [0.4, 0.5) is 4.79 Å². The lowest BCUT2D eigenvalue weighted by molar-refractivity contribution is -0.138. The fraction of sp³-hybridized carbons (Fsp3) is 0.867. The van der Waals surface area contributed by atoms with Gasteiger partial charge >= 0.3 is 6.03 Å². The Balaban J connectivity index is 1.95. The molecule has 0 unspecified atom stereocenters. The molecule has 3 atom stereocenters. The highest BCUT2D eigenvalue weighted by Crippen LogP contribution is 2.14. The molecule has 0 spiro atoms. The molecule has 2 fully saturated rings. The molecule has 9 heteroatoms. The summed E-state index contributed by atoms with van der Waals surface area (Å²) in [6.45, 7) is 5.94. The third-order valence-electron chi connectivity index (χ3n) is 4.66. The second-order valence-corrected chi connectivity index (χ2v) is 8.75. The van der Waals surface area contributed by atoms with E-state index in [-0.39, 0.29) is 29.4 Å². The topological polar surface area (TPSA) is 105 Å². The van der Waals surface area contributed by atoms with Crippen molar-refractivity contribution in [2.75, 3.05) is 37.8 Å². The van der Waals surface area contributed by atoms with Crippen LogP contribution in [-0.2, 0) is 19.4 Å². The minimum Gasteiger partial charge on any atom is -0.378 e. The first kappa shape index (κ1) is 19.0. The van der Waals surface area contributed by atoms with Gasteiger partial charge in [-0.15, -0.1) is 0 Å². The van der Waals surface area contributed by atoms with Gasteiger partial charge in [-0.1, -0.05) is 20.3 Å². The van der Waals surface area contributed by atoms with Crippen molar-refractivity contribution in [3.63, 3.8) is 0 Å². The van der Waals surface area contributed by atoms with Gasteiger partial charge in [0.1, 0.15) is 6.04 Å². The first-order valence-corrected chi connectivity index (χ1v) is 10.3. The number of hydrogen-bond donors (Lipinski definition) is 2. The number of carbonyl (C=O) groups is 2. The molecule has 0 saturated carbocycles. The van der Waals surface area contributed by atoms with Crippen LogP contribution in [0.3, 0.4) is 0 Å². The van der Waals surface area contributed by atoms with E-state index in [1.165, 1.54) is 0 Å². The summed E-state index contributed by atoms with van der Waals surface area (Å²) in [5, 5.41) is 5.42. The maximum absolute atomic E-state index is 12.7. The van der Waals surface area contributed by atoms with Crippen molar-refractivity contribution < 1.29 is 22.7 Å². The normalized spacial score (nSPS) is 25.8. The number of sulfone groups is 1. The van der Waals surface area contributed by atoms with Crippen LogP contribution in [0, 0.1) is 5.92 Å². The van der Waals surface area contributed by atoms with Gasteiger partial charge in [-0.3, -0.25) is 4.79 Å². The van der Waals surface area contributed by atoms with Crippen molar-refractivity contribution >= 4 is 21.8 Å². The van der Waals surface area contributed by atoms with E-state index in [0.717, 1.165) is 6.42 Å². The van der Waals surface area contributed by atoms with Crippen LogP contribution in [0.1, 0.15) is 26.7 Å². The number of hydrogen-bond acceptors (Lipinski definition) is 5. The molecule has 8 nitrogen and oxygen atoms in total. The van der Waals surface area contributed by atoms with Gasteiger partial charge in [0.05, 0.1) is 24.7 Å². The molecule has 0 aliphatic carbocycles. The summed E-state index contributed by atoms with van der Waals surface area (Å²) in [5.74, 6) is -0.0640. The van der Waals surface area contributed by atoms with Gasteiger partial charge < -0.3 is 20.3 Å². The molecule has 0 bridgehead atoms. The van der Waals surface area contributed by atoms with Gasteiger partial charge in [0.2, 0.25) is 5.91 Å². The van der Waals surface area contributed by atoms with E-state index in [4.69, 9.17) is 4.74 Å². The van der Waals surface area contributed by atoms with Gasteiger partial charge in [-0.05, 0) is 12.3 Å². The Morgan fingerprint density at radius 3 is 2.50 bits per heavy atom. The lowest BCUT2D eigenvalue weighted by atomic mass is 9.97. The van der Waals surface area contributed by atoms with Crippen LogP contribution in [0.25, 0.3) is 0 Å². The molecule has 0 aromatic carbocycles. The second-order valence-electron chi connectivity index (χ2n) is 6.52. The number of urea groups is 1. The third kappa shape index (κ3) is 5.07. The molecule has 0 aromatic rings. The van der Waals surface area contributed by atoms with Gasteiger partial charge in [0.15, 0.2) is 9.84 Å². The van der Waals surface area contributed by atoms with E-state index in [9.17, 15) is 18.0 Å². The van der Waals surface area contributed by atoms with E-state index in [1.807, 2.05) is 13.8 Å². The number of amides is 3. The maximum atomic E-state index is 12.7. The molecular weight excluding hydrogens is 334 g/mol. The number of rotatable bonds is 5. The van der Waals surface area contributed by atoms with Crippen LogP contribution in [0.15, 0.2) is 0 Å². The molecule has 2 aliphatic rings. The molecule has 2 N–H and O–H groups in total. The van der Waals surface area contributed by atoms with Gasteiger partial charge in [0.25, 0.3) is 0 Å². The SMILES string of the molecule is CC[C@@H](C)[C@H](NC(=O)N[C@H]1CCS(=O)(=O)C1)C(=O)N1CCOCC1. The highest BCUT2D eigenvalue weighted by atomic mass is 32.2. The maximum Gasteiger partial charge on any atom is 0.315 e. The molecule has 138 valence electrons. The Bertz CT molecular complexity index is 559. The summed E-state index contributed by atoms with van der Waals surface area (Å²) in [5.41, 5.74) is 0. The molecule has 3 amide bonds. The smallest absolute Gasteiger partial charge is 0.315 e. The van der Waals surface area contributed by atoms with E-state index in [1.54, 1.807) is 4.90 Å². The van der Waals surface area contributed by atoms with Crippen molar-refractivity contribution in [2.45, 2.75) is 38.8 Å². The summed E-state index contributed by atoms with van der Waals surface area (Å²) in [6.07, 6.45) is 1.17. The largest absolute Gasteiger partial charge is 0.378 e. The van der Waals surface area contributed by atoms with Crippen molar-refractivity contribution in [1.82, 2.24) is 15.5 Å². The van der Waals surface area contributed by atoms with Crippen molar-refractivity contribution in [1.29, 1.82) is 0 Å². The second kappa shape index (κ2) is 8.15. The molecule has 24 heavy (non-hydrogen) atoms. The molecule has 2 rings (SSSR count). The monoisotopic (exact) mass is 361 g/mol. The molecule has 0 radical (unpaired) electrons. The number of carbonyl (C=O) groups excluding carboxylic acids is 2. The minimum atomic E-state index is -3.06. The Labute approximate surface area is 143 Å². The van der Waals surface area contributed by atoms with Crippen molar-refractivity contribution in [2.24, 2.45) is 5.92 Å². The lowest BCUT2D eigenvalue weighted by Crippen LogP contribution is -2.57. The van der Waals surface area contributed by atoms with Gasteiger partial charge in [-0.25, -0.2) is 13.2 Å². The van der Waals surface area contributed by atoms with E-state index in [0.29, 0.717) is 32.7 Å². The lowest BCUT2D eigenvalue weighted by Gasteiger charge is -2.33. The Morgan fingerprint density at radius 1 is 1.29 bits per heavy atom. The van der Waals surface area contributed by atoms with Gasteiger partial charge in [0, 0.05) is 19.1 Å². The van der Waals surface area contributed by atoms with Crippen molar-refractivity contribution in [3.05, 3.63) is 0 Å². The predicted molar refractivity (Wildman–Crippen MR) is 89.4 cm³/mol. The fourth-order valence-corrected chi connectivity index (χ4v) is 4.61. The zero-order valence-electron chi connectivity index (χ0n) is 14.3. The Kier molecular flexibility index (Phi) is 6.45. The molecule has 2 saturated heterocycles. The fourth-order valence-electron chi connectivity index (χ4n) is 2.94. The standard InChI is InChI=1S/C15H27N3O5S/c1-3-11(2)13(14(19)18-5-7-23-8-6-18)17-15(20)16-12-4-9-24(21,22)10-12/h11-13H,3-10H2,1-2H3,(H2,16,17,20)/t11-,12+,13+/m1/s1. The molecule has 2 aliphatic heterocycles. The zero-order chi connectivity index (χ0) is 17.7. The average molecular weight is 361 g/mol. The van der Waals surface area contributed by atoms with Crippen molar-refractivity contribution in [3.8, 4) is 0 Å². The first-order chi connectivity index (χ1) is 11.3.